The Kier molecular flexibility index (Phi) is 3.54. The molecule has 0 bridgehead atoms. The highest BCUT2D eigenvalue weighted by molar-refractivity contribution is 7.08. The molecule has 0 saturated heterocycles. The number of H-pyrrole nitrogens is 2. The van der Waals surface area contributed by atoms with E-state index in [2.05, 4.69) is 48.0 Å². The average Bonchev–Trinajstić information content (AvgIpc) is 3.52. The Labute approximate surface area is 169 Å². The van der Waals surface area contributed by atoms with Crippen LogP contribution in [0.25, 0.3) is 56.0 Å². The van der Waals surface area contributed by atoms with E-state index in [1.807, 2.05) is 36.4 Å². The molecule has 0 aliphatic rings. The molecule has 0 unspecified atom stereocenters. The Morgan fingerprint density at radius 1 is 0.897 bits per heavy atom. The molecule has 0 aliphatic heterocycles. The molecule has 138 valence electrons. The number of aromatic nitrogens is 6. The van der Waals surface area contributed by atoms with Crippen molar-refractivity contribution in [2.24, 2.45) is 0 Å². The van der Waals surface area contributed by atoms with E-state index in [0.29, 0.717) is 0 Å². The second-order valence-electron chi connectivity index (χ2n) is 6.70. The van der Waals surface area contributed by atoms with E-state index >= 15 is 0 Å². The maximum Gasteiger partial charge on any atom is 0.159 e. The summed E-state index contributed by atoms with van der Waals surface area (Å²) in [6, 6.07) is 16.1. The fraction of sp³-hybridized carbons (Fsp3) is 0. The first-order valence-corrected chi connectivity index (χ1v) is 10.1. The van der Waals surface area contributed by atoms with Gasteiger partial charge in [0.1, 0.15) is 5.69 Å². The summed E-state index contributed by atoms with van der Waals surface area (Å²) >= 11 is 1.68. The molecule has 6 nitrogen and oxygen atoms in total. The van der Waals surface area contributed by atoms with Gasteiger partial charge in [0.25, 0.3) is 0 Å². The van der Waals surface area contributed by atoms with Crippen molar-refractivity contribution in [3.63, 3.8) is 0 Å². The zero-order chi connectivity index (χ0) is 19.2. The van der Waals surface area contributed by atoms with Gasteiger partial charge in [-0.2, -0.15) is 16.4 Å². The van der Waals surface area contributed by atoms with Crippen molar-refractivity contribution < 1.29 is 0 Å². The standard InChI is InChI=1S/C22H14N6S/c1-2-8-23-16(5-1)18-10-15-19(11-24-18)27-28-21(15)22-25-17-6-3-4-14(20(17)26-22)13-7-9-29-12-13/h1-12H,(H,25,26)(H,27,28). The van der Waals surface area contributed by atoms with Gasteiger partial charge in [-0.1, -0.05) is 18.2 Å². The van der Waals surface area contributed by atoms with E-state index in [1.54, 1.807) is 23.7 Å². The zero-order valence-corrected chi connectivity index (χ0v) is 15.9. The predicted octanol–water partition coefficient (Wildman–Crippen LogP) is 5.29. The van der Waals surface area contributed by atoms with E-state index in [1.165, 1.54) is 5.56 Å². The molecular weight excluding hydrogens is 380 g/mol. The van der Waals surface area contributed by atoms with Crippen molar-refractivity contribution >= 4 is 33.3 Å². The number of imidazole rings is 1. The molecule has 7 heteroatoms. The van der Waals surface area contributed by atoms with Gasteiger partial charge < -0.3 is 4.98 Å². The lowest BCUT2D eigenvalue weighted by atomic mass is 10.1. The Hall–Kier alpha value is -3.84. The summed E-state index contributed by atoms with van der Waals surface area (Å²) in [6.45, 7) is 0. The molecule has 5 aromatic heterocycles. The third-order valence-corrected chi connectivity index (χ3v) is 5.63. The molecule has 0 saturated carbocycles. The number of aromatic amines is 2. The van der Waals surface area contributed by atoms with Crippen LogP contribution in [0, 0.1) is 0 Å². The molecule has 6 aromatic rings. The van der Waals surface area contributed by atoms with Crippen LogP contribution < -0.4 is 0 Å². The van der Waals surface area contributed by atoms with Crippen molar-refractivity contribution in [1.29, 1.82) is 0 Å². The molecule has 5 heterocycles. The van der Waals surface area contributed by atoms with Gasteiger partial charge in [0.15, 0.2) is 5.82 Å². The molecular formula is C22H14N6S. The third-order valence-electron chi connectivity index (χ3n) is 4.94. The van der Waals surface area contributed by atoms with E-state index in [9.17, 15) is 0 Å². The summed E-state index contributed by atoms with van der Waals surface area (Å²) < 4.78 is 0. The number of rotatable bonds is 3. The third kappa shape index (κ3) is 2.63. The summed E-state index contributed by atoms with van der Waals surface area (Å²) in [6.07, 6.45) is 3.55. The fourth-order valence-corrected chi connectivity index (χ4v) is 4.20. The summed E-state index contributed by atoms with van der Waals surface area (Å²) in [4.78, 5) is 17.2. The van der Waals surface area contributed by atoms with Gasteiger partial charge in [0.05, 0.1) is 34.1 Å². The maximum atomic E-state index is 4.89. The minimum Gasteiger partial charge on any atom is -0.337 e. The molecule has 0 aliphatic carbocycles. The highest BCUT2D eigenvalue weighted by Crippen LogP contribution is 2.32. The molecule has 0 atom stereocenters. The minimum atomic E-state index is 0.729. The van der Waals surface area contributed by atoms with Crippen LogP contribution in [0.1, 0.15) is 0 Å². The number of nitrogens with zero attached hydrogens (tertiary/aromatic N) is 4. The van der Waals surface area contributed by atoms with Crippen LogP contribution in [0.2, 0.25) is 0 Å². The number of fused-ring (bicyclic) bond motifs is 2. The molecule has 2 N–H and O–H groups in total. The maximum absolute atomic E-state index is 4.89. The number of hydrogen-bond donors (Lipinski definition) is 2. The molecule has 0 amide bonds. The van der Waals surface area contributed by atoms with Crippen molar-refractivity contribution in [2.45, 2.75) is 0 Å². The SMILES string of the molecule is c1ccc(-c2cc3c(-c4nc5c(-c6ccsc6)cccc5[nH]4)n[nH]c3cn2)nc1. The highest BCUT2D eigenvalue weighted by Gasteiger charge is 2.16. The van der Waals surface area contributed by atoms with Crippen LogP contribution in [0.4, 0.5) is 0 Å². The minimum absolute atomic E-state index is 0.729. The van der Waals surface area contributed by atoms with Gasteiger partial charge in [-0.25, -0.2) is 4.98 Å². The average molecular weight is 394 g/mol. The number of thiophene rings is 1. The Morgan fingerprint density at radius 2 is 1.90 bits per heavy atom. The van der Waals surface area contributed by atoms with E-state index in [4.69, 9.17) is 4.98 Å². The number of para-hydroxylation sites is 1. The van der Waals surface area contributed by atoms with Crippen molar-refractivity contribution in [1.82, 2.24) is 30.1 Å². The second kappa shape index (κ2) is 6.35. The summed E-state index contributed by atoms with van der Waals surface area (Å²) in [5, 5.41) is 12.7. The Bertz CT molecular complexity index is 1450. The van der Waals surface area contributed by atoms with Crippen molar-refractivity contribution in [3.8, 4) is 34.0 Å². The lowest BCUT2D eigenvalue weighted by Crippen LogP contribution is -1.87. The Balaban J connectivity index is 1.53. The van der Waals surface area contributed by atoms with Crippen molar-refractivity contribution in [3.05, 3.63) is 71.7 Å². The van der Waals surface area contributed by atoms with Crippen LogP contribution in [0.5, 0.6) is 0 Å². The van der Waals surface area contributed by atoms with E-state index in [-0.39, 0.29) is 0 Å². The highest BCUT2D eigenvalue weighted by atomic mass is 32.1. The van der Waals surface area contributed by atoms with Gasteiger partial charge in [-0.05, 0) is 46.7 Å². The van der Waals surface area contributed by atoms with E-state index < -0.39 is 0 Å². The number of hydrogen-bond acceptors (Lipinski definition) is 5. The molecule has 0 spiro atoms. The fourth-order valence-electron chi connectivity index (χ4n) is 3.55. The summed E-state index contributed by atoms with van der Waals surface area (Å²) in [5.41, 5.74) is 7.47. The lowest BCUT2D eigenvalue weighted by Gasteiger charge is -2.00. The molecule has 0 radical (unpaired) electrons. The number of benzene rings is 1. The van der Waals surface area contributed by atoms with Gasteiger partial charge in [0, 0.05) is 17.1 Å². The van der Waals surface area contributed by atoms with E-state index in [0.717, 1.165) is 50.4 Å². The first-order chi connectivity index (χ1) is 14.4. The van der Waals surface area contributed by atoms with Gasteiger partial charge in [0.2, 0.25) is 0 Å². The zero-order valence-electron chi connectivity index (χ0n) is 15.1. The molecule has 0 fully saturated rings. The molecule has 29 heavy (non-hydrogen) atoms. The monoisotopic (exact) mass is 394 g/mol. The Morgan fingerprint density at radius 3 is 2.76 bits per heavy atom. The summed E-state index contributed by atoms with van der Waals surface area (Å²) in [5.74, 6) is 0.729. The lowest BCUT2D eigenvalue weighted by molar-refractivity contribution is 1.10. The summed E-state index contributed by atoms with van der Waals surface area (Å²) in [7, 11) is 0. The first-order valence-electron chi connectivity index (χ1n) is 9.14. The smallest absolute Gasteiger partial charge is 0.159 e. The van der Waals surface area contributed by atoms with Gasteiger partial charge in [-0.3, -0.25) is 15.1 Å². The van der Waals surface area contributed by atoms with Crippen LogP contribution >= 0.6 is 11.3 Å². The largest absolute Gasteiger partial charge is 0.337 e. The quantitative estimate of drug-likeness (QED) is 0.427. The van der Waals surface area contributed by atoms with Crippen LogP contribution in [0.15, 0.2) is 71.7 Å². The van der Waals surface area contributed by atoms with Crippen LogP contribution in [-0.2, 0) is 0 Å². The van der Waals surface area contributed by atoms with Crippen LogP contribution in [-0.4, -0.2) is 30.1 Å². The van der Waals surface area contributed by atoms with Crippen LogP contribution in [0.3, 0.4) is 0 Å². The van der Waals surface area contributed by atoms with Gasteiger partial charge in [-0.15, -0.1) is 0 Å². The predicted molar refractivity (Wildman–Crippen MR) is 116 cm³/mol. The molecule has 6 rings (SSSR count). The number of pyridine rings is 2. The molecule has 1 aromatic carbocycles. The first kappa shape index (κ1) is 16.1. The van der Waals surface area contributed by atoms with Crippen molar-refractivity contribution in [2.75, 3.05) is 0 Å². The second-order valence-corrected chi connectivity index (χ2v) is 7.48. The van der Waals surface area contributed by atoms with Gasteiger partial charge >= 0.3 is 0 Å². The number of nitrogens with one attached hydrogen (secondary N) is 2. The normalized spacial score (nSPS) is 11.4. The topological polar surface area (TPSA) is 83.1 Å².